The lowest BCUT2D eigenvalue weighted by molar-refractivity contribution is -0.137. The lowest BCUT2D eigenvalue weighted by Crippen LogP contribution is -2.43. The number of nitrogens with two attached hydrogens (primary N) is 1. The number of hydrogen-bond acceptors (Lipinski definition) is 11. The Balaban J connectivity index is 1.04. The van der Waals surface area contributed by atoms with Gasteiger partial charge in [0, 0.05) is 39.0 Å². The largest absolute Gasteiger partial charge is 0.447 e. The average molecular weight is 597 g/mol. The number of aliphatic hydroxyl groups is 2. The number of likely N-dealkylation sites (tertiary alicyclic amines) is 2. The number of fused-ring (bicyclic) bond motifs is 1. The van der Waals surface area contributed by atoms with Crippen molar-refractivity contribution in [1.29, 1.82) is 0 Å². The number of hydrogen-bond donors (Lipinski definition) is 4. The van der Waals surface area contributed by atoms with Crippen LogP contribution in [0.25, 0.3) is 11.2 Å². The molecule has 0 aromatic carbocycles. The number of imidazole rings is 1. The molecule has 3 saturated heterocycles. The lowest BCUT2D eigenvalue weighted by atomic mass is 9.94. The molecule has 2 aromatic rings. The van der Waals surface area contributed by atoms with Crippen LogP contribution in [-0.2, 0) is 19.1 Å². The molecular weight excluding hydrogens is 560 g/mol. The summed E-state index contributed by atoms with van der Waals surface area (Å²) in [7, 11) is 1.73. The molecule has 43 heavy (non-hydrogen) atoms. The van der Waals surface area contributed by atoms with Gasteiger partial charge in [-0.15, -0.1) is 0 Å². The molecule has 0 bridgehead atoms. The fourth-order valence-corrected chi connectivity index (χ4v) is 5.71. The van der Waals surface area contributed by atoms with Gasteiger partial charge in [0.25, 0.3) is 5.91 Å². The van der Waals surface area contributed by atoms with Gasteiger partial charge in [-0.2, -0.15) is 0 Å². The SMILES string of the molecule is CN1C(=O)CCC1COC(=O)N1CCC(CC#Cc2nc(N)c3ncn([C@@H]4O[C@H](C(=O)NC5CC5)[C@@H](O)[C@H]4O)c3n2)CC1. The number of anilines is 1. The van der Waals surface area contributed by atoms with E-state index in [1.165, 1.54) is 10.9 Å². The van der Waals surface area contributed by atoms with Crippen LogP contribution in [0.2, 0.25) is 0 Å². The Labute approximate surface area is 247 Å². The first-order valence-corrected chi connectivity index (χ1v) is 14.7. The third-order valence-corrected chi connectivity index (χ3v) is 8.64. The van der Waals surface area contributed by atoms with Gasteiger partial charge in [-0.05, 0) is 43.9 Å². The maximum Gasteiger partial charge on any atom is 0.409 e. The standard InChI is InChI=1S/C28H36N8O7/c1-34-17(7-8-19(34)37)13-42-28(41)35-11-9-15(10-12-35)3-2-4-18-32-24(29)20-25(33-18)36(14-30-20)27-22(39)21(38)23(43-27)26(40)31-16-5-6-16/h14-17,21-23,27,38-39H,3,5-13H2,1H3,(H,31,40)(H2,29,32,33)/t17?,21-,22+,23-,27+/m0/s1. The molecule has 0 spiro atoms. The quantitative estimate of drug-likeness (QED) is 0.314. The number of aromatic nitrogens is 4. The topological polar surface area (TPSA) is 198 Å². The van der Waals surface area contributed by atoms with E-state index >= 15 is 0 Å². The van der Waals surface area contributed by atoms with Crippen LogP contribution in [0, 0.1) is 17.8 Å². The Morgan fingerprint density at radius 1 is 1.16 bits per heavy atom. The Hall–Kier alpha value is -4.00. The van der Waals surface area contributed by atoms with E-state index in [1.807, 2.05) is 0 Å². The van der Waals surface area contributed by atoms with Crippen LogP contribution in [0.3, 0.4) is 0 Å². The third-order valence-electron chi connectivity index (χ3n) is 8.64. The zero-order valence-electron chi connectivity index (χ0n) is 23.9. The molecule has 5 atom stereocenters. The first-order chi connectivity index (χ1) is 20.7. The number of amides is 3. The van der Waals surface area contributed by atoms with E-state index in [-0.39, 0.29) is 59.4 Å². The molecule has 3 aliphatic heterocycles. The number of carbonyl (C=O) groups is 3. The van der Waals surface area contributed by atoms with Gasteiger partial charge in [0.1, 0.15) is 24.3 Å². The number of rotatable bonds is 6. The molecule has 5 N–H and O–H groups in total. The van der Waals surface area contributed by atoms with Crippen LogP contribution in [0.5, 0.6) is 0 Å². The number of nitrogens with zero attached hydrogens (tertiary/aromatic N) is 6. The van der Waals surface area contributed by atoms with E-state index in [0.717, 1.165) is 25.7 Å². The van der Waals surface area contributed by atoms with Crippen LogP contribution < -0.4 is 11.1 Å². The molecule has 1 unspecified atom stereocenters. The van der Waals surface area contributed by atoms with Crippen molar-refractivity contribution in [3.63, 3.8) is 0 Å². The number of likely N-dealkylation sites (N-methyl/N-ethyl adjacent to an activating group) is 1. The summed E-state index contributed by atoms with van der Waals surface area (Å²) in [6.07, 6.45) is 0.931. The summed E-state index contributed by atoms with van der Waals surface area (Å²) in [4.78, 5) is 53.0. The highest BCUT2D eigenvalue weighted by atomic mass is 16.6. The molecule has 15 nitrogen and oxygen atoms in total. The van der Waals surface area contributed by atoms with Crippen molar-refractivity contribution in [1.82, 2.24) is 34.6 Å². The second kappa shape index (κ2) is 11.9. The van der Waals surface area contributed by atoms with Crippen molar-refractivity contribution in [3.05, 3.63) is 12.2 Å². The minimum absolute atomic E-state index is 0.0592. The average Bonchev–Trinajstić information content (AvgIpc) is 3.51. The first kappa shape index (κ1) is 29.1. The van der Waals surface area contributed by atoms with Crippen LogP contribution in [0.15, 0.2) is 6.33 Å². The number of piperidine rings is 1. The zero-order valence-corrected chi connectivity index (χ0v) is 23.9. The highest BCUT2D eigenvalue weighted by molar-refractivity contribution is 5.83. The summed E-state index contributed by atoms with van der Waals surface area (Å²) in [6.45, 7) is 1.34. The molecule has 230 valence electrons. The Morgan fingerprint density at radius 2 is 1.93 bits per heavy atom. The maximum atomic E-state index is 12.5. The molecule has 5 heterocycles. The Bertz CT molecular complexity index is 1460. The fraction of sp³-hybridized carbons (Fsp3) is 0.643. The summed E-state index contributed by atoms with van der Waals surface area (Å²) >= 11 is 0. The lowest BCUT2D eigenvalue weighted by Gasteiger charge is -2.31. The molecule has 4 fully saturated rings. The fourth-order valence-electron chi connectivity index (χ4n) is 5.71. The number of carbonyl (C=O) groups excluding carboxylic acids is 3. The van der Waals surface area contributed by atoms with Crippen molar-refractivity contribution in [2.45, 2.75) is 81.6 Å². The molecule has 4 aliphatic rings. The van der Waals surface area contributed by atoms with Crippen molar-refractivity contribution in [2.24, 2.45) is 5.92 Å². The van der Waals surface area contributed by atoms with E-state index in [1.54, 1.807) is 16.8 Å². The second-order valence-electron chi connectivity index (χ2n) is 11.7. The van der Waals surface area contributed by atoms with Crippen molar-refractivity contribution >= 4 is 34.9 Å². The number of ether oxygens (including phenoxy) is 2. The summed E-state index contributed by atoms with van der Waals surface area (Å²) < 4.78 is 12.7. The highest BCUT2D eigenvalue weighted by Gasteiger charge is 2.48. The highest BCUT2D eigenvalue weighted by Crippen LogP contribution is 2.33. The van der Waals surface area contributed by atoms with E-state index < -0.39 is 30.4 Å². The van der Waals surface area contributed by atoms with Crippen LogP contribution >= 0.6 is 0 Å². The zero-order chi connectivity index (χ0) is 30.2. The van der Waals surface area contributed by atoms with Crippen molar-refractivity contribution in [2.75, 3.05) is 32.5 Å². The van der Waals surface area contributed by atoms with E-state index in [0.29, 0.717) is 32.4 Å². The number of nitrogen functional groups attached to an aromatic ring is 1. The van der Waals surface area contributed by atoms with Gasteiger partial charge in [-0.1, -0.05) is 5.92 Å². The van der Waals surface area contributed by atoms with Crippen molar-refractivity contribution in [3.8, 4) is 11.8 Å². The summed E-state index contributed by atoms with van der Waals surface area (Å²) in [5.41, 5.74) is 6.67. The molecule has 1 aliphatic carbocycles. The molecule has 3 amide bonds. The normalized spacial score (nSPS) is 27.8. The number of aliphatic hydroxyl groups excluding tert-OH is 2. The monoisotopic (exact) mass is 596 g/mol. The predicted molar refractivity (Wildman–Crippen MR) is 150 cm³/mol. The van der Waals surface area contributed by atoms with E-state index in [2.05, 4.69) is 32.1 Å². The molecular formula is C28H36N8O7. The maximum absolute atomic E-state index is 12.5. The summed E-state index contributed by atoms with van der Waals surface area (Å²) in [6, 6.07) is 0.0187. The minimum Gasteiger partial charge on any atom is -0.447 e. The Kier molecular flexibility index (Phi) is 8.08. The van der Waals surface area contributed by atoms with Gasteiger partial charge in [-0.25, -0.2) is 19.7 Å². The predicted octanol–water partition coefficient (Wildman–Crippen LogP) is -0.483. The Morgan fingerprint density at radius 3 is 2.63 bits per heavy atom. The van der Waals surface area contributed by atoms with Crippen LogP contribution in [0.4, 0.5) is 10.6 Å². The minimum atomic E-state index is -1.42. The number of nitrogens with one attached hydrogen (secondary N) is 1. The smallest absolute Gasteiger partial charge is 0.409 e. The molecule has 15 heteroatoms. The van der Waals surface area contributed by atoms with Crippen molar-refractivity contribution < 1.29 is 34.1 Å². The van der Waals surface area contributed by atoms with Crippen LogP contribution in [-0.4, -0.2) is 115 Å². The molecule has 0 radical (unpaired) electrons. The van der Waals surface area contributed by atoms with Gasteiger partial charge in [0.15, 0.2) is 23.8 Å². The van der Waals surface area contributed by atoms with Gasteiger partial charge < -0.3 is 40.5 Å². The van der Waals surface area contributed by atoms with Gasteiger partial charge in [0.2, 0.25) is 11.7 Å². The molecule has 6 rings (SSSR count). The van der Waals surface area contributed by atoms with Gasteiger partial charge in [-0.3, -0.25) is 14.2 Å². The molecule has 2 aromatic heterocycles. The van der Waals surface area contributed by atoms with Gasteiger partial charge >= 0.3 is 6.09 Å². The van der Waals surface area contributed by atoms with E-state index in [9.17, 15) is 24.6 Å². The van der Waals surface area contributed by atoms with Crippen LogP contribution in [0.1, 0.15) is 57.0 Å². The second-order valence-corrected chi connectivity index (χ2v) is 11.7. The summed E-state index contributed by atoms with van der Waals surface area (Å²) in [5.74, 6) is 6.22. The first-order valence-electron chi connectivity index (χ1n) is 14.7. The van der Waals surface area contributed by atoms with E-state index in [4.69, 9.17) is 15.2 Å². The van der Waals surface area contributed by atoms with Gasteiger partial charge in [0.05, 0.1) is 12.4 Å². The third kappa shape index (κ3) is 6.08. The molecule has 1 saturated carbocycles. The summed E-state index contributed by atoms with van der Waals surface area (Å²) in [5, 5.41) is 24.0.